The van der Waals surface area contributed by atoms with Crippen LogP contribution in [-0.4, -0.2) is 34.1 Å². The van der Waals surface area contributed by atoms with Crippen LogP contribution in [-0.2, 0) is 4.79 Å². The van der Waals surface area contributed by atoms with Gasteiger partial charge in [0.1, 0.15) is 11.4 Å². The minimum absolute atomic E-state index is 0.218. The average Bonchev–Trinajstić information content (AvgIpc) is 2.34. The van der Waals surface area contributed by atoms with Gasteiger partial charge in [0.15, 0.2) is 0 Å². The van der Waals surface area contributed by atoms with Crippen LogP contribution < -0.4 is 5.32 Å². The third-order valence-electron chi connectivity index (χ3n) is 2.93. The van der Waals surface area contributed by atoms with Gasteiger partial charge in [-0.15, -0.1) is 0 Å². The monoisotopic (exact) mass is 346 g/mol. The molecule has 2 N–H and O–H groups in total. The Hall–Kier alpha value is -1.63. The summed E-state index contributed by atoms with van der Waals surface area (Å²) in [5, 5.41) is 11.7. The highest BCUT2D eigenvalue weighted by atomic mass is 79.9. The lowest BCUT2D eigenvalue weighted by molar-refractivity contribution is -0.147. The van der Waals surface area contributed by atoms with Crippen molar-refractivity contribution < 1.29 is 19.1 Å². The number of amides is 2. The molecule has 5 nitrogen and oxygen atoms in total. The molecular weight excluding hydrogens is 331 g/mol. The highest BCUT2D eigenvalue weighted by Crippen LogP contribution is 2.21. The molecule has 0 spiro atoms. The van der Waals surface area contributed by atoms with E-state index in [1.54, 1.807) is 6.92 Å². The van der Waals surface area contributed by atoms with Gasteiger partial charge in [-0.05, 0) is 54.9 Å². The van der Waals surface area contributed by atoms with Crippen molar-refractivity contribution in [1.82, 2.24) is 4.90 Å². The van der Waals surface area contributed by atoms with Crippen LogP contribution in [0.2, 0.25) is 0 Å². The molecule has 0 aromatic heterocycles. The second-order valence-electron chi connectivity index (χ2n) is 4.67. The first kappa shape index (κ1) is 16.4. The van der Waals surface area contributed by atoms with E-state index in [1.165, 1.54) is 36.9 Å². The Balaban J connectivity index is 2.93. The molecule has 1 rings (SSSR count). The number of hydrogen-bond acceptors (Lipinski definition) is 2. The number of nitrogens with zero attached hydrogens (tertiary/aromatic N) is 1. The van der Waals surface area contributed by atoms with E-state index in [9.17, 15) is 14.0 Å². The second-order valence-corrected chi connectivity index (χ2v) is 5.52. The maximum Gasteiger partial charge on any atom is 0.329 e. The predicted molar refractivity (Wildman–Crippen MR) is 77.2 cm³/mol. The normalized spacial score (nSPS) is 11.1. The van der Waals surface area contributed by atoms with Gasteiger partial charge in [0, 0.05) is 12.2 Å². The summed E-state index contributed by atoms with van der Waals surface area (Å²) < 4.78 is 13.3. The Morgan fingerprint density at radius 1 is 1.45 bits per heavy atom. The Bertz CT molecular complexity index is 534. The third-order valence-corrected chi connectivity index (χ3v) is 3.54. The number of urea groups is 1. The predicted octanol–water partition coefficient (Wildman–Crippen LogP) is 3.31. The number of benzene rings is 1. The van der Waals surface area contributed by atoms with Crippen LogP contribution in [0.25, 0.3) is 0 Å². The summed E-state index contributed by atoms with van der Waals surface area (Å²) in [6.45, 7) is 4.80. The number of carboxylic acid groups (broad SMARTS) is 1. The molecular formula is C13H16BrFN2O3. The molecule has 0 fully saturated rings. The number of halogens is 2. The van der Waals surface area contributed by atoms with Gasteiger partial charge in [-0.2, -0.15) is 0 Å². The van der Waals surface area contributed by atoms with Gasteiger partial charge >= 0.3 is 12.0 Å². The Kier molecular flexibility index (Phi) is 5.10. The van der Waals surface area contributed by atoms with E-state index in [1.807, 2.05) is 0 Å². The minimum Gasteiger partial charge on any atom is -0.480 e. The number of carbonyl (C=O) groups is 2. The first-order valence-electron chi connectivity index (χ1n) is 5.97. The van der Waals surface area contributed by atoms with E-state index in [0.29, 0.717) is 5.69 Å². The largest absolute Gasteiger partial charge is 0.480 e. The summed E-state index contributed by atoms with van der Waals surface area (Å²) in [4.78, 5) is 24.5. The molecule has 7 heteroatoms. The topological polar surface area (TPSA) is 69.6 Å². The highest BCUT2D eigenvalue weighted by Gasteiger charge is 2.36. The van der Waals surface area contributed by atoms with Gasteiger partial charge in [-0.1, -0.05) is 0 Å². The van der Waals surface area contributed by atoms with Crippen LogP contribution in [0, 0.1) is 5.82 Å². The zero-order valence-electron chi connectivity index (χ0n) is 11.4. The van der Waals surface area contributed by atoms with E-state index in [2.05, 4.69) is 21.2 Å². The molecule has 0 aliphatic heterocycles. The zero-order valence-corrected chi connectivity index (χ0v) is 13.0. The van der Waals surface area contributed by atoms with Crippen molar-refractivity contribution in [3.05, 3.63) is 28.5 Å². The standard InChI is InChI=1S/C13H16BrFN2O3/c1-4-17(13(2,3)11(18)19)12(20)16-8-5-6-10(15)9(14)7-8/h5-7H,4H2,1-3H3,(H,16,20)(H,18,19). The van der Waals surface area contributed by atoms with Crippen molar-refractivity contribution in [3.63, 3.8) is 0 Å². The molecule has 0 unspecified atom stereocenters. The first-order valence-corrected chi connectivity index (χ1v) is 6.76. The van der Waals surface area contributed by atoms with Crippen molar-refractivity contribution in [2.24, 2.45) is 0 Å². The van der Waals surface area contributed by atoms with Crippen LogP contribution in [0.3, 0.4) is 0 Å². The van der Waals surface area contributed by atoms with E-state index >= 15 is 0 Å². The summed E-state index contributed by atoms with van der Waals surface area (Å²) in [7, 11) is 0. The fourth-order valence-electron chi connectivity index (χ4n) is 1.67. The molecule has 0 aliphatic rings. The van der Waals surface area contributed by atoms with Gasteiger partial charge in [0.25, 0.3) is 0 Å². The quantitative estimate of drug-likeness (QED) is 0.878. The van der Waals surface area contributed by atoms with E-state index in [0.717, 1.165) is 0 Å². The first-order chi connectivity index (χ1) is 9.20. The molecule has 0 radical (unpaired) electrons. The van der Waals surface area contributed by atoms with E-state index < -0.39 is 23.4 Å². The summed E-state index contributed by atoms with van der Waals surface area (Å²) in [5.74, 6) is -1.55. The molecule has 110 valence electrons. The summed E-state index contributed by atoms with van der Waals surface area (Å²) in [6, 6.07) is 3.46. The lowest BCUT2D eigenvalue weighted by Gasteiger charge is -2.34. The third kappa shape index (κ3) is 3.47. The molecule has 1 aromatic rings. The molecule has 0 atom stereocenters. The van der Waals surface area contributed by atoms with Gasteiger partial charge in [0.2, 0.25) is 0 Å². The number of aliphatic carboxylic acids is 1. The Labute approximate surface area is 124 Å². The molecule has 0 bridgehead atoms. The number of nitrogens with one attached hydrogen (secondary N) is 1. The molecule has 1 aromatic carbocycles. The van der Waals surface area contributed by atoms with Crippen molar-refractivity contribution in [2.75, 3.05) is 11.9 Å². The fraction of sp³-hybridized carbons (Fsp3) is 0.385. The zero-order chi connectivity index (χ0) is 15.5. The number of rotatable bonds is 4. The number of hydrogen-bond donors (Lipinski definition) is 2. The lowest BCUT2D eigenvalue weighted by atomic mass is 10.0. The average molecular weight is 347 g/mol. The number of anilines is 1. The number of carboxylic acids is 1. The van der Waals surface area contributed by atoms with Gasteiger partial charge in [-0.3, -0.25) is 0 Å². The number of likely N-dealkylation sites (N-methyl/N-ethyl adjacent to an activating group) is 1. The lowest BCUT2D eigenvalue weighted by Crippen LogP contribution is -2.54. The van der Waals surface area contributed by atoms with Gasteiger partial charge in [-0.25, -0.2) is 14.0 Å². The maximum absolute atomic E-state index is 13.1. The van der Waals surface area contributed by atoms with Crippen LogP contribution in [0.5, 0.6) is 0 Å². The molecule has 0 saturated carbocycles. The molecule has 20 heavy (non-hydrogen) atoms. The van der Waals surface area contributed by atoms with Crippen molar-refractivity contribution in [3.8, 4) is 0 Å². The Morgan fingerprint density at radius 3 is 2.50 bits per heavy atom. The summed E-state index contributed by atoms with van der Waals surface area (Å²) in [6.07, 6.45) is 0. The maximum atomic E-state index is 13.1. The molecule has 0 heterocycles. The van der Waals surface area contributed by atoms with Gasteiger partial charge in [0.05, 0.1) is 4.47 Å². The van der Waals surface area contributed by atoms with Crippen molar-refractivity contribution in [2.45, 2.75) is 26.3 Å². The Morgan fingerprint density at radius 2 is 2.05 bits per heavy atom. The van der Waals surface area contributed by atoms with Gasteiger partial charge < -0.3 is 15.3 Å². The highest BCUT2D eigenvalue weighted by molar-refractivity contribution is 9.10. The SMILES string of the molecule is CCN(C(=O)Nc1ccc(F)c(Br)c1)C(C)(C)C(=O)O. The summed E-state index contributed by atoms with van der Waals surface area (Å²) >= 11 is 3.02. The second kappa shape index (κ2) is 6.21. The van der Waals surface area contributed by atoms with Crippen molar-refractivity contribution >= 4 is 33.6 Å². The number of carbonyl (C=O) groups excluding carboxylic acids is 1. The van der Waals surface area contributed by atoms with Crippen LogP contribution in [0.1, 0.15) is 20.8 Å². The smallest absolute Gasteiger partial charge is 0.329 e. The van der Waals surface area contributed by atoms with E-state index in [4.69, 9.17) is 5.11 Å². The summed E-state index contributed by atoms with van der Waals surface area (Å²) in [5.41, 5.74) is -0.960. The van der Waals surface area contributed by atoms with Crippen molar-refractivity contribution in [1.29, 1.82) is 0 Å². The van der Waals surface area contributed by atoms with E-state index in [-0.39, 0.29) is 11.0 Å². The fourth-order valence-corrected chi connectivity index (χ4v) is 2.05. The minimum atomic E-state index is -1.34. The molecule has 2 amide bonds. The van der Waals surface area contributed by atoms with Crippen LogP contribution in [0.15, 0.2) is 22.7 Å². The van der Waals surface area contributed by atoms with Crippen LogP contribution >= 0.6 is 15.9 Å². The molecule has 0 aliphatic carbocycles. The van der Waals surface area contributed by atoms with Crippen LogP contribution in [0.4, 0.5) is 14.9 Å². The molecule has 0 saturated heterocycles.